The Bertz CT molecular complexity index is 846. The zero-order valence-electron chi connectivity index (χ0n) is 15.0. The zero-order chi connectivity index (χ0) is 19.2. The molecule has 3 rings (SSSR count). The van der Waals surface area contributed by atoms with Crippen LogP contribution in [0.15, 0.2) is 47.8 Å². The second kappa shape index (κ2) is 8.39. The van der Waals surface area contributed by atoms with Gasteiger partial charge in [0.05, 0.1) is 16.7 Å². The van der Waals surface area contributed by atoms with Gasteiger partial charge in [0, 0.05) is 37.1 Å². The van der Waals surface area contributed by atoms with Crippen molar-refractivity contribution in [3.63, 3.8) is 0 Å². The van der Waals surface area contributed by atoms with Crippen LogP contribution in [-0.2, 0) is 0 Å². The van der Waals surface area contributed by atoms with Gasteiger partial charge in [-0.1, -0.05) is 13.0 Å². The SMILES string of the molecule is CC1CCN(c2ccc(C=NNC(=O)c3cccnc3)cc2[N+](=O)[O-])CC1. The van der Waals surface area contributed by atoms with Crippen LogP contribution in [0.5, 0.6) is 0 Å². The third-order valence-electron chi connectivity index (χ3n) is 4.62. The van der Waals surface area contributed by atoms with Crippen LogP contribution in [0.4, 0.5) is 11.4 Å². The zero-order valence-corrected chi connectivity index (χ0v) is 15.0. The molecule has 2 aromatic rings. The summed E-state index contributed by atoms with van der Waals surface area (Å²) in [5.74, 6) is 0.253. The number of nitrogens with zero attached hydrogens (tertiary/aromatic N) is 4. The molecule has 0 radical (unpaired) electrons. The number of rotatable bonds is 5. The highest BCUT2D eigenvalue weighted by Gasteiger charge is 2.23. The Morgan fingerprint density at radius 2 is 2.15 bits per heavy atom. The van der Waals surface area contributed by atoms with Crippen LogP contribution in [0, 0.1) is 16.0 Å². The van der Waals surface area contributed by atoms with E-state index in [0.29, 0.717) is 22.7 Å². The molecule has 0 saturated carbocycles. The number of carbonyl (C=O) groups excluding carboxylic acids is 1. The average Bonchev–Trinajstić information content (AvgIpc) is 2.69. The second-order valence-electron chi connectivity index (χ2n) is 6.62. The molecule has 0 bridgehead atoms. The first-order chi connectivity index (χ1) is 13.0. The molecule has 8 heteroatoms. The number of anilines is 1. The summed E-state index contributed by atoms with van der Waals surface area (Å²) < 4.78 is 0. The number of carbonyl (C=O) groups is 1. The van der Waals surface area contributed by atoms with E-state index in [1.807, 2.05) is 0 Å². The van der Waals surface area contributed by atoms with Crippen molar-refractivity contribution in [2.45, 2.75) is 19.8 Å². The molecule has 1 aliphatic heterocycles. The Labute approximate surface area is 157 Å². The standard InChI is InChI=1S/C19H21N5O3/c1-14-6-9-23(10-7-14)17-5-4-15(11-18(17)24(26)27)12-21-22-19(25)16-3-2-8-20-13-16/h2-5,8,11-14H,6-7,9-10H2,1H3,(H,22,25). The Kier molecular flexibility index (Phi) is 5.75. The van der Waals surface area contributed by atoms with Gasteiger partial charge in [-0.05, 0) is 37.0 Å². The summed E-state index contributed by atoms with van der Waals surface area (Å²) >= 11 is 0. The number of pyridine rings is 1. The molecule has 1 aliphatic rings. The second-order valence-corrected chi connectivity index (χ2v) is 6.62. The van der Waals surface area contributed by atoms with Crippen LogP contribution in [0.25, 0.3) is 0 Å². The minimum absolute atomic E-state index is 0.0482. The molecule has 1 amide bonds. The van der Waals surface area contributed by atoms with Gasteiger partial charge in [0.1, 0.15) is 5.69 Å². The highest BCUT2D eigenvalue weighted by Crippen LogP contribution is 2.31. The van der Waals surface area contributed by atoms with E-state index < -0.39 is 5.91 Å². The number of nitro groups is 1. The number of hydrogen-bond donors (Lipinski definition) is 1. The third kappa shape index (κ3) is 4.66. The Balaban J connectivity index is 1.72. The van der Waals surface area contributed by atoms with E-state index in [1.165, 1.54) is 18.5 Å². The maximum atomic E-state index is 11.9. The molecule has 0 spiro atoms. The number of aromatic nitrogens is 1. The van der Waals surface area contributed by atoms with Crippen molar-refractivity contribution in [2.24, 2.45) is 11.0 Å². The van der Waals surface area contributed by atoms with E-state index in [-0.39, 0.29) is 10.6 Å². The minimum Gasteiger partial charge on any atom is -0.366 e. The van der Waals surface area contributed by atoms with E-state index in [2.05, 4.69) is 27.3 Å². The lowest BCUT2D eigenvalue weighted by atomic mass is 9.98. The fourth-order valence-corrected chi connectivity index (χ4v) is 3.01. The van der Waals surface area contributed by atoms with Crippen LogP contribution >= 0.6 is 0 Å². The van der Waals surface area contributed by atoms with Gasteiger partial charge < -0.3 is 4.90 Å². The number of nitrogens with one attached hydrogen (secondary N) is 1. The normalized spacial score (nSPS) is 15.1. The largest absolute Gasteiger partial charge is 0.366 e. The van der Waals surface area contributed by atoms with Gasteiger partial charge in [-0.25, -0.2) is 5.43 Å². The number of nitro benzene ring substituents is 1. The summed E-state index contributed by atoms with van der Waals surface area (Å²) in [4.78, 5) is 29.0. The number of benzene rings is 1. The van der Waals surface area contributed by atoms with Crippen molar-refractivity contribution >= 4 is 23.5 Å². The van der Waals surface area contributed by atoms with Crippen LogP contribution in [0.2, 0.25) is 0 Å². The van der Waals surface area contributed by atoms with Crippen molar-refractivity contribution in [1.29, 1.82) is 0 Å². The molecule has 1 N–H and O–H groups in total. The maximum absolute atomic E-state index is 11.9. The number of hydrazone groups is 1. The summed E-state index contributed by atoms with van der Waals surface area (Å²) in [5, 5.41) is 15.4. The summed E-state index contributed by atoms with van der Waals surface area (Å²) in [7, 11) is 0. The first kappa shape index (κ1) is 18.5. The molecule has 1 fully saturated rings. The molecule has 0 unspecified atom stereocenters. The molecule has 8 nitrogen and oxygen atoms in total. The molecule has 1 saturated heterocycles. The fraction of sp³-hybridized carbons (Fsp3) is 0.316. The number of piperidine rings is 1. The first-order valence-electron chi connectivity index (χ1n) is 8.81. The Hall–Kier alpha value is -3.29. The van der Waals surface area contributed by atoms with Crippen LogP contribution < -0.4 is 10.3 Å². The van der Waals surface area contributed by atoms with Crippen molar-refractivity contribution < 1.29 is 9.72 Å². The van der Waals surface area contributed by atoms with Crippen molar-refractivity contribution in [1.82, 2.24) is 10.4 Å². The third-order valence-corrected chi connectivity index (χ3v) is 4.62. The van der Waals surface area contributed by atoms with Gasteiger partial charge in [0.15, 0.2) is 0 Å². The molecular formula is C19H21N5O3. The Morgan fingerprint density at radius 3 is 2.81 bits per heavy atom. The van der Waals surface area contributed by atoms with Crippen molar-refractivity contribution in [3.05, 3.63) is 64.0 Å². The quantitative estimate of drug-likeness (QED) is 0.497. The lowest BCUT2D eigenvalue weighted by Crippen LogP contribution is -2.33. The van der Waals surface area contributed by atoms with Gasteiger partial charge >= 0.3 is 0 Å². The predicted octanol–water partition coefficient (Wildman–Crippen LogP) is 2.99. The minimum atomic E-state index is -0.395. The molecule has 27 heavy (non-hydrogen) atoms. The topological polar surface area (TPSA) is 101 Å². The van der Waals surface area contributed by atoms with Gasteiger partial charge in [0.25, 0.3) is 11.6 Å². The number of amides is 1. The maximum Gasteiger partial charge on any atom is 0.293 e. The fourth-order valence-electron chi connectivity index (χ4n) is 3.01. The van der Waals surface area contributed by atoms with Gasteiger partial charge in [0.2, 0.25) is 0 Å². The van der Waals surface area contributed by atoms with E-state index in [1.54, 1.807) is 30.5 Å². The highest BCUT2D eigenvalue weighted by atomic mass is 16.6. The van der Waals surface area contributed by atoms with Crippen LogP contribution in [-0.4, -0.2) is 35.1 Å². The molecular weight excluding hydrogens is 346 g/mol. The molecule has 1 aromatic carbocycles. The monoisotopic (exact) mass is 367 g/mol. The number of hydrogen-bond acceptors (Lipinski definition) is 6. The molecule has 2 heterocycles. The summed E-state index contributed by atoms with van der Waals surface area (Å²) in [5.41, 5.74) is 3.99. The summed E-state index contributed by atoms with van der Waals surface area (Å²) in [6, 6.07) is 8.27. The molecule has 140 valence electrons. The predicted molar refractivity (Wildman–Crippen MR) is 103 cm³/mol. The summed E-state index contributed by atoms with van der Waals surface area (Å²) in [6.45, 7) is 3.83. The van der Waals surface area contributed by atoms with E-state index in [4.69, 9.17) is 0 Å². The van der Waals surface area contributed by atoms with Crippen LogP contribution in [0.3, 0.4) is 0 Å². The molecule has 0 atom stereocenters. The van der Waals surface area contributed by atoms with Gasteiger partial charge in [-0.2, -0.15) is 5.10 Å². The van der Waals surface area contributed by atoms with E-state index in [0.717, 1.165) is 25.9 Å². The first-order valence-corrected chi connectivity index (χ1v) is 8.81. The van der Waals surface area contributed by atoms with Gasteiger partial charge in [-0.3, -0.25) is 19.9 Å². The lowest BCUT2D eigenvalue weighted by Gasteiger charge is -2.31. The Morgan fingerprint density at radius 1 is 1.37 bits per heavy atom. The van der Waals surface area contributed by atoms with E-state index >= 15 is 0 Å². The molecule has 0 aliphatic carbocycles. The van der Waals surface area contributed by atoms with Crippen molar-refractivity contribution in [3.8, 4) is 0 Å². The molecule has 1 aromatic heterocycles. The highest BCUT2D eigenvalue weighted by molar-refractivity contribution is 5.94. The van der Waals surface area contributed by atoms with Gasteiger partial charge in [-0.15, -0.1) is 0 Å². The average molecular weight is 367 g/mol. The van der Waals surface area contributed by atoms with E-state index in [9.17, 15) is 14.9 Å². The van der Waals surface area contributed by atoms with Crippen LogP contribution in [0.1, 0.15) is 35.7 Å². The smallest absolute Gasteiger partial charge is 0.293 e. The summed E-state index contributed by atoms with van der Waals surface area (Å²) in [6.07, 6.45) is 6.46. The lowest BCUT2D eigenvalue weighted by molar-refractivity contribution is -0.384. The van der Waals surface area contributed by atoms with Crippen molar-refractivity contribution in [2.75, 3.05) is 18.0 Å².